The third-order valence-electron chi connectivity index (χ3n) is 4.45. The van der Waals surface area contributed by atoms with E-state index in [0.29, 0.717) is 28.8 Å². The number of fused-ring (bicyclic) bond motifs is 1. The van der Waals surface area contributed by atoms with Gasteiger partial charge in [0.1, 0.15) is 0 Å². The molecule has 0 saturated carbocycles. The molecule has 0 bridgehead atoms. The number of carbonyl (C=O) groups excluding carboxylic acids is 1. The van der Waals surface area contributed by atoms with Crippen LogP contribution in [0.3, 0.4) is 0 Å². The van der Waals surface area contributed by atoms with Crippen LogP contribution in [0.2, 0.25) is 0 Å². The number of aromatic nitrogens is 3. The van der Waals surface area contributed by atoms with Crippen LogP contribution >= 0.6 is 0 Å². The first-order valence-corrected chi connectivity index (χ1v) is 8.94. The average Bonchev–Trinajstić information content (AvgIpc) is 3.15. The molecule has 0 aliphatic rings. The van der Waals surface area contributed by atoms with Crippen molar-refractivity contribution in [2.24, 2.45) is 0 Å². The summed E-state index contributed by atoms with van der Waals surface area (Å²) in [6, 6.07) is 21.6. The highest BCUT2D eigenvalue weighted by molar-refractivity contribution is 6.06. The Labute approximate surface area is 163 Å². The first-order valence-electron chi connectivity index (χ1n) is 8.94. The fourth-order valence-corrected chi connectivity index (χ4v) is 3.09. The lowest BCUT2D eigenvalue weighted by Gasteiger charge is -2.09. The van der Waals surface area contributed by atoms with Gasteiger partial charge in [0.05, 0.1) is 35.9 Å². The Kier molecular flexibility index (Phi) is 4.85. The second-order valence-electron chi connectivity index (χ2n) is 6.33. The monoisotopic (exact) mass is 366 g/mol. The molecule has 4 aromatic rings. The number of hydrogen-bond acceptors (Lipinski definition) is 3. The number of hydrogen-bond donors (Lipinski definition) is 1. The highest BCUT2D eigenvalue weighted by Gasteiger charge is 2.17. The molecule has 0 spiro atoms. The Balaban J connectivity index is 1.85. The molecule has 0 fully saturated rings. The van der Waals surface area contributed by atoms with E-state index in [1.54, 1.807) is 12.3 Å². The molecule has 0 saturated heterocycles. The van der Waals surface area contributed by atoms with Gasteiger partial charge in [0.25, 0.3) is 5.91 Å². The maximum atomic E-state index is 12.7. The SMILES string of the molecule is C#CCNC(=O)c1cc(-c2ccccc2)nc2c1cnn2Cc1ccccc1. The average molecular weight is 366 g/mol. The molecule has 0 unspecified atom stereocenters. The van der Waals surface area contributed by atoms with E-state index in [1.165, 1.54) is 0 Å². The van der Waals surface area contributed by atoms with Crippen molar-refractivity contribution in [3.8, 4) is 23.6 Å². The number of benzene rings is 2. The minimum absolute atomic E-state index is 0.168. The molecule has 5 nitrogen and oxygen atoms in total. The topological polar surface area (TPSA) is 59.8 Å². The smallest absolute Gasteiger partial charge is 0.252 e. The first kappa shape index (κ1) is 17.5. The quantitative estimate of drug-likeness (QED) is 0.550. The summed E-state index contributed by atoms with van der Waals surface area (Å²) in [5.74, 6) is 2.20. The van der Waals surface area contributed by atoms with Gasteiger partial charge in [-0.25, -0.2) is 9.67 Å². The van der Waals surface area contributed by atoms with Crippen LogP contribution in [0.4, 0.5) is 0 Å². The Morgan fingerprint density at radius 2 is 1.79 bits per heavy atom. The summed E-state index contributed by atoms with van der Waals surface area (Å²) in [7, 11) is 0. The standard InChI is InChI=1S/C23H18N4O/c1-2-13-24-23(28)19-14-21(18-11-7-4-8-12-18)26-22-20(19)15-25-27(22)16-17-9-5-3-6-10-17/h1,3-12,14-15H,13,16H2,(H,24,28). The van der Waals surface area contributed by atoms with E-state index in [2.05, 4.69) is 16.3 Å². The van der Waals surface area contributed by atoms with E-state index in [9.17, 15) is 4.79 Å². The maximum Gasteiger partial charge on any atom is 0.252 e. The van der Waals surface area contributed by atoms with E-state index in [1.807, 2.05) is 65.3 Å². The minimum Gasteiger partial charge on any atom is -0.341 e. The highest BCUT2D eigenvalue weighted by atomic mass is 16.1. The fourth-order valence-electron chi connectivity index (χ4n) is 3.09. The lowest BCUT2D eigenvalue weighted by molar-refractivity contribution is 0.0960. The van der Waals surface area contributed by atoms with E-state index >= 15 is 0 Å². The van der Waals surface area contributed by atoms with Gasteiger partial charge in [0, 0.05) is 5.56 Å². The molecule has 136 valence electrons. The predicted molar refractivity (Wildman–Crippen MR) is 110 cm³/mol. The first-order chi connectivity index (χ1) is 13.8. The van der Waals surface area contributed by atoms with Crippen molar-refractivity contribution in [2.45, 2.75) is 6.54 Å². The highest BCUT2D eigenvalue weighted by Crippen LogP contribution is 2.25. The second kappa shape index (κ2) is 7.77. The third kappa shape index (κ3) is 3.49. The number of nitrogens with one attached hydrogen (secondary N) is 1. The van der Waals surface area contributed by atoms with Crippen molar-refractivity contribution in [3.63, 3.8) is 0 Å². The summed E-state index contributed by atoms with van der Waals surface area (Å²) < 4.78 is 1.81. The van der Waals surface area contributed by atoms with E-state index in [4.69, 9.17) is 11.4 Å². The van der Waals surface area contributed by atoms with Gasteiger partial charge in [-0.15, -0.1) is 6.42 Å². The van der Waals surface area contributed by atoms with Crippen molar-refractivity contribution in [1.29, 1.82) is 0 Å². The molecular formula is C23H18N4O. The number of terminal acetylenes is 1. The number of carbonyl (C=O) groups is 1. The zero-order chi connectivity index (χ0) is 19.3. The molecule has 0 aliphatic heterocycles. The molecule has 2 aromatic heterocycles. The van der Waals surface area contributed by atoms with Gasteiger partial charge < -0.3 is 5.32 Å². The van der Waals surface area contributed by atoms with Crippen molar-refractivity contribution in [2.75, 3.05) is 6.54 Å². The number of nitrogens with zero attached hydrogens (tertiary/aromatic N) is 3. The van der Waals surface area contributed by atoms with Gasteiger partial charge >= 0.3 is 0 Å². The van der Waals surface area contributed by atoms with Crippen molar-refractivity contribution >= 4 is 16.9 Å². The Bertz CT molecular complexity index is 1160. The van der Waals surface area contributed by atoms with Crippen molar-refractivity contribution in [1.82, 2.24) is 20.1 Å². The van der Waals surface area contributed by atoms with E-state index in [-0.39, 0.29) is 12.5 Å². The summed E-state index contributed by atoms with van der Waals surface area (Å²) in [6.07, 6.45) is 6.97. The molecule has 1 N–H and O–H groups in total. The van der Waals surface area contributed by atoms with Crippen LogP contribution in [0, 0.1) is 12.3 Å². The molecule has 0 atom stereocenters. The van der Waals surface area contributed by atoms with Gasteiger partial charge in [-0.2, -0.15) is 5.10 Å². The summed E-state index contributed by atoms with van der Waals surface area (Å²) in [4.78, 5) is 17.5. The van der Waals surface area contributed by atoms with Crippen LogP contribution in [0.5, 0.6) is 0 Å². The van der Waals surface area contributed by atoms with Gasteiger partial charge in [-0.05, 0) is 11.6 Å². The zero-order valence-corrected chi connectivity index (χ0v) is 15.2. The van der Waals surface area contributed by atoms with Gasteiger partial charge in [-0.1, -0.05) is 66.6 Å². The minimum atomic E-state index is -0.234. The Morgan fingerprint density at radius 1 is 1.07 bits per heavy atom. The second-order valence-corrected chi connectivity index (χ2v) is 6.33. The number of rotatable bonds is 5. The Hall–Kier alpha value is -3.91. The van der Waals surface area contributed by atoms with Crippen molar-refractivity contribution in [3.05, 3.63) is 84.1 Å². The largest absolute Gasteiger partial charge is 0.341 e. The van der Waals surface area contributed by atoms with Crippen LogP contribution in [0.25, 0.3) is 22.3 Å². The molecule has 1 amide bonds. The summed E-state index contributed by atoms with van der Waals surface area (Å²) in [5.41, 5.74) is 3.93. The Morgan fingerprint density at radius 3 is 2.50 bits per heavy atom. The zero-order valence-electron chi connectivity index (χ0n) is 15.2. The molecule has 0 radical (unpaired) electrons. The lowest BCUT2D eigenvalue weighted by atomic mass is 10.1. The molecule has 2 aromatic carbocycles. The molecule has 2 heterocycles. The fraction of sp³-hybridized carbons (Fsp3) is 0.0870. The number of pyridine rings is 1. The van der Waals surface area contributed by atoms with E-state index in [0.717, 1.165) is 11.1 Å². The summed E-state index contributed by atoms with van der Waals surface area (Å²) in [5, 5.41) is 7.92. The molecule has 28 heavy (non-hydrogen) atoms. The molecule has 4 rings (SSSR count). The molecular weight excluding hydrogens is 348 g/mol. The van der Waals surface area contributed by atoms with Gasteiger partial charge in [-0.3, -0.25) is 4.79 Å². The molecule has 0 aliphatic carbocycles. The molecule has 5 heteroatoms. The third-order valence-corrected chi connectivity index (χ3v) is 4.45. The summed E-state index contributed by atoms with van der Waals surface area (Å²) in [6.45, 7) is 0.739. The maximum absolute atomic E-state index is 12.7. The number of amides is 1. The van der Waals surface area contributed by atoms with Crippen LogP contribution in [-0.4, -0.2) is 27.2 Å². The van der Waals surface area contributed by atoms with Gasteiger partial charge in [0.15, 0.2) is 5.65 Å². The van der Waals surface area contributed by atoms with Crippen LogP contribution in [0.15, 0.2) is 72.9 Å². The lowest BCUT2D eigenvalue weighted by Crippen LogP contribution is -2.24. The normalized spacial score (nSPS) is 10.5. The predicted octanol–water partition coefficient (Wildman–Crippen LogP) is 3.51. The van der Waals surface area contributed by atoms with Crippen LogP contribution in [0.1, 0.15) is 15.9 Å². The van der Waals surface area contributed by atoms with Gasteiger partial charge in [0.2, 0.25) is 0 Å². The van der Waals surface area contributed by atoms with Crippen LogP contribution in [-0.2, 0) is 6.54 Å². The summed E-state index contributed by atoms with van der Waals surface area (Å²) >= 11 is 0. The van der Waals surface area contributed by atoms with Crippen LogP contribution < -0.4 is 5.32 Å². The van der Waals surface area contributed by atoms with Crippen molar-refractivity contribution < 1.29 is 4.79 Å². The van der Waals surface area contributed by atoms with E-state index < -0.39 is 0 Å².